The van der Waals surface area contributed by atoms with Gasteiger partial charge in [-0.1, -0.05) is 25.1 Å². The van der Waals surface area contributed by atoms with Gasteiger partial charge >= 0.3 is 0 Å². The minimum absolute atomic E-state index is 0.191. The Labute approximate surface area is 114 Å². The minimum atomic E-state index is -3.49. The SMILES string of the molecule is CCNC(=O)CN(c1ccccc1CC)S(C)(=O)=O. The van der Waals surface area contributed by atoms with Gasteiger partial charge < -0.3 is 5.32 Å². The summed E-state index contributed by atoms with van der Waals surface area (Å²) in [6, 6.07) is 7.21. The number of aryl methyl sites for hydroxylation is 1. The molecule has 1 rings (SSSR count). The summed E-state index contributed by atoms with van der Waals surface area (Å²) in [6.45, 7) is 4.03. The van der Waals surface area contributed by atoms with Crippen LogP contribution in [-0.4, -0.2) is 33.7 Å². The maximum atomic E-state index is 11.9. The van der Waals surface area contributed by atoms with E-state index >= 15 is 0 Å². The van der Waals surface area contributed by atoms with E-state index in [0.29, 0.717) is 18.7 Å². The maximum absolute atomic E-state index is 11.9. The third-order valence-corrected chi connectivity index (χ3v) is 3.83. The van der Waals surface area contributed by atoms with Gasteiger partial charge in [0.1, 0.15) is 6.54 Å². The zero-order valence-corrected chi connectivity index (χ0v) is 12.3. The van der Waals surface area contributed by atoms with Gasteiger partial charge in [0.15, 0.2) is 0 Å². The van der Waals surface area contributed by atoms with Crippen LogP contribution >= 0.6 is 0 Å². The van der Waals surface area contributed by atoms with Gasteiger partial charge in [-0.3, -0.25) is 9.10 Å². The van der Waals surface area contributed by atoms with Gasteiger partial charge in [-0.25, -0.2) is 8.42 Å². The monoisotopic (exact) mass is 284 g/mol. The molecule has 0 aliphatic rings. The smallest absolute Gasteiger partial charge is 0.240 e. The average molecular weight is 284 g/mol. The standard InChI is InChI=1S/C13H20N2O3S/c1-4-11-8-6-7-9-12(11)15(19(3,17)18)10-13(16)14-5-2/h6-9H,4-5,10H2,1-3H3,(H,14,16). The highest BCUT2D eigenvalue weighted by atomic mass is 32.2. The van der Waals surface area contributed by atoms with Gasteiger partial charge in [0.25, 0.3) is 0 Å². The number of sulfonamides is 1. The van der Waals surface area contributed by atoms with Gasteiger partial charge in [0.05, 0.1) is 11.9 Å². The van der Waals surface area contributed by atoms with E-state index in [1.807, 2.05) is 19.1 Å². The first-order valence-electron chi connectivity index (χ1n) is 6.22. The van der Waals surface area contributed by atoms with Crippen LogP contribution in [0.15, 0.2) is 24.3 Å². The summed E-state index contributed by atoms with van der Waals surface area (Å²) in [6.07, 6.45) is 1.82. The first kappa shape index (κ1) is 15.5. The molecule has 0 saturated heterocycles. The molecule has 0 unspecified atom stereocenters. The second-order valence-electron chi connectivity index (χ2n) is 4.21. The van der Waals surface area contributed by atoms with Crippen molar-refractivity contribution < 1.29 is 13.2 Å². The number of anilines is 1. The van der Waals surface area contributed by atoms with Crippen molar-refractivity contribution in [1.82, 2.24) is 5.32 Å². The Morgan fingerprint density at radius 3 is 2.42 bits per heavy atom. The summed E-state index contributed by atoms with van der Waals surface area (Å²) in [5.41, 5.74) is 1.47. The van der Waals surface area contributed by atoms with Crippen LogP contribution in [0.5, 0.6) is 0 Å². The van der Waals surface area contributed by atoms with E-state index in [2.05, 4.69) is 5.32 Å². The average Bonchev–Trinajstić information content (AvgIpc) is 2.35. The Balaban J connectivity index is 3.14. The zero-order chi connectivity index (χ0) is 14.5. The van der Waals surface area contributed by atoms with Crippen molar-refractivity contribution in [2.45, 2.75) is 20.3 Å². The number of nitrogens with one attached hydrogen (secondary N) is 1. The Bertz CT molecular complexity index is 541. The highest BCUT2D eigenvalue weighted by molar-refractivity contribution is 7.92. The highest BCUT2D eigenvalue weighted by Gasteiger charge is 2.22. The quantitative estimate of drug-likeness (QED) is 0.852. The minimum Gasteiger partial charge on any atom is -0.355 e. The lowest BCUT2D eigenvalue weighted by atomic mass is 10.1. The van der Waals surface area contributed by atoms with Crippen molar-refractivity contribution in [3.63, 3.8) is 0 Å². The second kappa shape index (κ2) is 6.56. The number of hydrogen-bond acceptors (Lipinski definition) is 3. The molecule has 0 fully saturated rings. The molecule has 0 saturated carbocycles. The van der Waals surface area contributed by atoms with Gasteiger partial charge in [-0.2, -0.15) is 0 Å². The molecule has 0 heterocycles. The topological polar surface area (TPSA) is 66.5 Å². The molecule has 0 atom stereocenters. The van der Waals surface area contributed by atoms with Crippen molar-refractivity contribution >= 4 is 21.6 Å². The van der Waals surface area contributed by atoms with Crippen LogP contribution < -0.4 is 9.62 Å². The van der Waals surface area contributed by atoms with Crippen LogP contribution in [0.1, 0.15) is 19.4 Å². The third-order valence-electron chi connectivity index (χ3n) is 2.70. The molecule has 1 aromatic carbocycles. The van der Waals surface area contributed by atoms with Crippen LogP contribution in [0, 0.1) is 0 Å². The number of rotatable bonds is 6. The van der Waals surface area contributed by atoms with Gasteiger partial charge in [-0.15, -0.1) is 0 Å². The molecular formula is C13H20N2O3S. The van der Waals surface area contributed by atoms with E-state index in [1.54, 1.807) is 19.1 Å². The molecule has 106 valence electrons. The Kier molecular flexibility index (Phi) is 5.35. The molecule has 0 spiro atoms. The predicted molar refractivity (Wildman–Crippen MR) is 76.7 cm³/mol. The van der Waals surface area contributed by atoms with Gasteiger partial charge in [-0.05, 0) is 25.0 Å². The van der Waals surface area contributed by atoms with E-state index in [9.17, 15) is 13.2 Å². The van der Waals surface area contributed by atoms with Crippen molar-refractivity contribution in [2.75, 3.05) is 23.7 Å². The highest BCUT2D eigenvalue weighted by Crippen LogP contribution is 2.22. The number of carbonyl (C=O) groups excluding carboxylic acids is 1. The fourth-order valence-corrected chi connectivity index (χ4v) is 2.70. The van der Waals surface area contributed by atoms with Crippen molar-refractivity contribution in [3.8, 4) is 0 Å². The fourth-order valence-electron chi connectivity index (χ4n) is 1.82. The maximum Gasteiger partial charge on any atom is 0.240 e. The number of benzene rings is 1. The Morgan fingerprint density at radius 2 is 1.89 bits per heavy atom. The van der Waals surface area contributed by atoms with Crippen LogP contribution in [-0.2, 0) is 21.2 Å². The second-order valence-corrected chi connectivity index (χ2v) is 6.11. The lowest BCUT2D eigenvalue weighted by Crippen LogP contribution is -2.40. The summed E-state index contributed by atoms with van der Waals surface area (Å²) >= 11 is 0. The fraction of sp³-hybridized carbons (Fsp3) is 0.462. The first-order chi connectivity index (χ1) is 8.90. The number of amides is 1. The predicted octanol–water partition coefficient (Wildman–Crippen LogP) is 1.15. The Morgan fingerprint density at radius 1 is 1.26 bits per heavy atom. The molecule has 0 aromatic heterocycles. The molecule has 6 heteroatoms. The normalized spacial score (nSPS) is 11.1. The van der Waals surface area contributed by atoms with E-state index in [1.165, 1.54) is 0 Å². The van der Waals surface area contributed by atoms with Crippen LogP contribution in [0.3, 0.4) is 0 Å². The van der Waals surface area contributed by atoms with Crippen molar-refractivity contribution in [3.05, 3.63) is 29.8 Å². The van der Waals surface area contributed by atoms with Crippen molar-refractivity contribution in [1.29, 1.82) is 0 Å². The van der Waals surface area contributed by atoms with Crippen LogP contribution in [0.25, 0.3) is 0 Å². The van der Waals surface area contributed by atoms with E-state index in [0.717, 1.165) is 16.1 Å². The summed E-state index contributed by atoms with van der Waals surface area (Å²) in [4.78, 5) is 11.7. The van der Waals surface area contributed by atoms with Crippen LogP contribution in [0.2, 0.25) is 0 Å². The zero-order valence-electron chi connectivity index (χ0n) is 11.5. The largest absolute Gasteiger partial charge is 0.355 e. The van der Waals surface area contributed by atoms with Gasteiger partial charge in [0.2, 0.25) is 15.9 Å². The molecule has 0 aliphatic carbocycles. The molecule has 0 bridgehead atoms. The lowest BCUT2D eigenvalue weighted by Gasteiger charge is -2.24. The Hall–Kier alpha value is -1.56. The van der Waals surface area contributed by atoms with Crippen LogP contribution in [0.4, 0.5) is 5.69 Å². The molecular weight excluding hydrogens is 264 g/mol. The summed E-state index contributed by atoms with van der Waals surface area (Å²) in [5, 5.41) is 2.61. The van der Waals surface area contributed by atoms with Crippen molar-refractivity contribution in [2.24, 2.45) is 0 Å². The summed E-state index contributed by atoms with van der Waals surface area (Å²) in [7, 11) is -3.49. The number of likely N-dealkylation sites (N-methyl/N-ethyl adjacent to an activating group) is 1. The van der Waals surface area contributed by atoms with E-state index in [-0.39, 0.29) is 12.5 Å². The van der Waals surface area contributed by atoms with Gasteiger partial charge in [0, 0.05) is 6.54 Å². The number of nitrogens with zero attached hydrogens (tertiary/aromatic N) is 1. The molecule has 1 aromatic rings. The molecule has 1 amide bonds. The number of hydrogen-bond donors (Lipinski definition) is 1. The number of para-hydroxylation sites is 1. The summed E-state index contributed by atoms with van der Waals surface area (Å²) in [5.74, 6) is -0.307. The molecule has 5 nitrogen and oxygen atoms in total. The molecule has 0 radical (unpaired) electrons. The molecule has 1 N–H and O–H groups in total. The first-order valence-corrected chi connectivity index (χ1v) is 8.07. The molecule has 19 heavy (non-hydrogen) atoms. The van der Waals surface area contributed by atoms with E-state index in [4.69, 9.17) is 0 Å². The van der Waals surface area contributed by atoms with E-state index < -0.39 is 10.0 Å². The number of carbonyl (C=O) groups is 1. The molecule has 0 aliphatic heterocycles. The lowest BCUT2D eigenvalue weighted by molar-refractivity contribution is -0.119. The third kappa shape index (κ3) is 4.24. The summed E-state index contributed by atoms with van der Waals surface area (Å²) < 4.78 is 24.9.